The van der Waals surface area contributed by atoms with E-state index in [4.69, 9.17) is 18.9 Å². The van der Waals surface area contributed by atoms with Crippen molar-refractivity contribution in [1.82, 2.24) is 4.57 Å². The number of hydrogen-bond acceptors (Lipinski definition) is 8. The average Bonchev–Trinajstić information content (AvgIpc) is 3.16. The van der Waals surface area contributed by atoms with Crippen LogP contribution in [0.15, 0.2) is 60.3 Å². The Kier molecular flexibility index (Phi) is 8.25. The highest BCUT2D eigenvalue weighted by Gasteiger charge is 2.35. The lowest BCUT2D eigenvalue weighted by atomic mass is 9.94. The molecule has 0 saturated heterocycles. The number of fused-ring (bicyclic) bond motifs is 1. The maximum atomic E-state index is 13.9. The van der Waals surface area contributed by atoms with Crippen LogP contribution in [-0.4, -0.2) is 38.5 Å². The van der Waals surface area contributed by atoms with Crippen molar-refractivity contribution in [1.29, 1.82) is 0 Å². The molecule has 1 aliphatic rings. The van der Waals surface area contributed by atoms with Gasteiger partial charge in [0.15, 0.2) is 4.80 Å². The molecule has 0 bridgehead atoms. The molecule has 0 amide bonds. The zero-order valence-corrected chi connectivity index (χ0v) is 24.7. The van der Waals surface area contributed by atoms with Gasteiger partial charge in [-0.2, -0.15) is 0 Å². The molecule has 3 aromatic rings. The van der Waals surface area contributed by atoms with Gasteiger partial charge in [-0.25, -0.2) is 9.79 Å². The lowest BCUT2D eigenvalue weighted by Crippen LogP contribution is -2.40. The largest absolute Gasteiger partial charge is 0.497 e. The molecular formula is C26H24Br2N2O6S. The van der Waals surface area contributed by atoms with Crippen molar-refractivity contribution in [3.8, 4) is 17.2 Å². The third kappa shape index (κ3) is 5.12. The number of aromatic nitrogens is 1. The first-order valence-corrected chi connectivity index (χ1v) is 13.6. The molecule has 0 N–H and O–H groups in total. The van der Waals surface area contributed by atoms with Gasteiger partial charge in [0.2, 0.25) is 0 Å². The quantitative estimate of drug-likeness (QED) is 0.353. The second-order valence-corrected chi connectivity index (χ2v) is 10.6. The molecule has 1 aliphatic heterocycles. The third-order valence-corrected chi connectivity index (χ3v) is 7.93. The molecule has 1 atom stereocenters. The van der Waals surface area contributed by atoms with E-state index >= 15 is 0 Å². The highest BCUT2D eigenvalue weighted by atomic mass is 79.9. The Labute approximate surface area is 234 Å². The Bertz CT molecular complexity index is 1570. The van der Waals surface area contributed by atoms with E-state index in [-0.39, 0.29) is 17.7 Å². The standard InChI is InChI=1S/C26H24Br2N2O6S/c1-6-36-25(32)21-13(2)29-26-30(22(21)16-12-15(33-3)7-8-19(16)34-4)24(31)20(37-26)11-14-9-17(27)23(35-5)18(28)10-14/h7-12,22H,6H2,1-5H3/b20-11-/t22-/m0/s1. The van der Waals surface area contributed by atoms with Crippen molar-refractivity contribution in [2.24, 2.45) is 4.99 Å². The first-order valence-electron chi connectivity index (χ1n) is 11.2. The first-order chi connectivity index (χ1) is 17.7. The summed E-state index contributed by atoms with van der Waals surface area (Å²) in [7, 11) is 4.67. The molecule has 4 rings (SSSR count). The summed E-state index contributed by atoms with van der Waals surface area (Å²) in [4.78, 5) is 32.1. The number of esters is 1. The van der Waals surface area contributed by atoms with Crippen molar-refractivity contribution in [2.75, 3.05) is 27.9 Å². The molecule has 0 aliphatic carbocycles. The second-order valence-electron chi connectivity index (χ2n) is 7.93. The summed E-state index contributed by atoms with van der Waals surface area (Å²) >= 11 is 8.25. The normalized spacial score (nSPS) is 15.2. The fourth-order valence-electron chi connectivity index (χ4n) is 4.15. The lowest BCUT2D eigenvalue weighted by Gasteiger charge is -2.26. The Balaban J connectivity index is 2.00. The van der Waals surface area contributed by atoms with Crippen LogP contribution in [0.4, 0.5) is 0 Å². The van der Waals surface area contributed by atoms with Crippen LogP contribution < -0.4 is 29.1 Å². The maximum Gasteiger partial charge on any atom is 0.338 e. The number of halogens is 2. The number of nitrogens with zero attached hydrogens (tertiary/aromatic N) is 2. The summed E-state index contributed by atoms with van der Waals surface area (Å²) in [6, 6.07) is 8.16. The van der Waals surface area contributed by atoms with Crippen LogP contribution in [0, 0.1) is 0 Å². The van der Waals surface area contributed by atoms with Crippen molar-refractivity contribution in [3.63, 3.8) is 0 Å². The molecule has 2 heterocycles. The lowest BCUT2D eigenvalue weighted by molar-refractivity contribution is -0.139. The van der Waals surface area contributed by atoms with Gasteiger partial charge in [-0.3, -0.25) is 9.36 Å². The smallest absolute Gasteiger partial charge is 0.338 e. The highest BCUT2D eigenvalue weighted by molar-refractivity contribution is 9.11. The zero-order chi connectivity index (χ0) is 26.9. The second kappa shape index (κ2) is 11.2. The number of carbonyl (C=O) groups excluding carboxylic acids is 1. The van der Waals surface area contributed by atoms with Gasteiger partial charge in [0.05, 0.1) is 52.7 Å². The monoisotopic (exact) mass is 650 g/mol. The predicted octanol–water partition coefficient (Wildman–Crippen LogP) is 4.35. The number of methoxy groups -OCH3 is 3. The van der Waals surface area contributed by atoms with E-state index in [1.165, 1.54) is 23.0 Å². The van der Waals surface area contributed by atoms with E-state index in [1.807, 2.05) is 12.1 Å². The Hall–Kier alpha value is -2.89. The van der Waals surface area contributed by atoms with Gasteiger partial charge in [0.25, 0.3) is 5.56 Å². The van der Waals surface area contributed by atoms with Gasteiger partial charge in [-0.15, -0.1) is 0 Å². The number of carbonyl (C=O) groups is 1. The fraction of sp³-hybridized carbons (Fsp3) is 0.269. The van der Waals surface area contributed by atoms with Crippen molar-refractivity contribution >= 4 is 55.2 Å². The minimum atomic E-state index is -0.822. The molecule has 0 unspecified atom stereocenters. The van der Waals surface area contributed by atoms with E-state index in [0.29, 0.717) is 37.8 Å². The molecule has 1 aromatic heterocycles. The number of hydrogen-bond donors (Lipinski definition) is 0. The number of allylic oxidation sites excluding steroid dienone is 1. The van der Waals surface area contributed by atoms with Crippen LogP contribution in [0.1, 0.15) is 31.0 Å². The van der Waals surface area contributed by atoms with Gasteiger partial charge in [0, 0.05) is 5.56 Å². The van der Waals surface area contributed by atoms with Crippen molar-refractivity contribution < 1.29 is 23.7 Å². The molecule has 194 valence electrons. The van der Waals surface area contributed by atoms with E-state index in [0.717, 1.165) is 14.5 Å². The van der Waals surface area contributed by atoms with Gasteiger partial charge >= 0.3 is 5.97 Å². The zero-order valence-electron chi connectivity index (χ0n) is 20.8. The predicted molar refractivity (Wildman–Crippen MR) is 148 cm³/mol. The molecule has 0 saturated carbocycles. The summed E-state index contributed by atoms with van der Waals surface area (Å²) in [6.07, 6.45) is 1.78. The van der Waals surface area contributed by atoms with E-state index in [1.54, 1.807) is 52.3 Å². The summed E-state index contributed by atoms with van der Waals surface area (Å²) < 4.78 is 25.3. The average molecular weight is 652 g/mol. The minimum absolute atomic E-state index is 0.184. The first kappa shape index (κ1) is 27.2. The summed E-state index contributed by atoms with van der Waals surface area (Å²) in [5, 5.41) is 0. The van der Waals surface area contributed by atoms with E-state index < -0.39 is 12.0 Å². The van der Waals surface area contributed by atoms with Crippen molar-refractivity contribution in [3.05, 3.63) is 81.4 Å². The summed E-state index contributed by atoms with van der Waals surface area (Å²) in [5.74, 6) is 1.16. The molecule has 11 heteroatoms. The molecule has 0 spiro atoms. The van der Waals surface area contributed by atoms with E-state index in [9.17, 15) is 9.59 Å². The summed E-state index contributed by atoms with van der Waals surface area (Å²) in [6.45, 7) is 3.65. The molecule has 0 radical (unpaired) electrons. The molecular weight excluding hydrogens is 628 g/mol. The van der Waals surface area contributed by atoms with Gasteiger partial charge < -0.3 is 18.9 Å². The Morgan fingerprint density at radius 2 is 1.81 bits per heavy atom. The van der Waals surface area contributed by atoms with Gasteiger partial charge in [0.1, 0.15) is 23.3 Å². The minimum Gasteiger partial charge on any atom is -0.497 e. The highest BCUT2D eigenvalue weighted by Crippen LogP contribution is 2.38. The molecule has 2 aromatic carbocycles. The SMILES string of the molecule is CCOC(=O)C1=C(C)N=c2s/c(=C\c3cc(Br)c(OC)c(Br)c3)c(=O)n2[C@H]1c1cc(OC)ccc1OC. The van der Waals surface area contributed by atoms with E-state index in [2.05, 4.69) is 36.9 Å². The third-order valence-electron chi connectivity index (χ3n) is 5.77. The maximum absolute atomic E-state index is 13.9. The molecule has 8 nitrogen and oxygen atoms in total. The van der Waals surface area contributed by atoms with Crippen LogP contribution in [0.3, 0.4) is 0 Å². The Morgan fingerprint density at radius 3 is 2.41 bits per heavy atom. The van der Waals surface area contributed by atoms with Crippen LogP contribution >= 0.6 is 43.2 Å². The van der Waals surface area contributed by atoms with Crippen LogP contribution in [0.2, 0.25) is 0 Å². The van der Waals surface area contributed by atoms with Crippen molar-refractivity contribution in [2.45, 2.75) is 19.9 Å². The van der Waals surface area contributed by atoms with Crippen LogP contribution in [0.25, 0.3) is 6.08 Å². The number of rotatable bonds is 7. The Morgan fingerprint density at radius 1 is 1.11 bits per heavy atom. The van der Waals surface area contributed by atoms with Gasteiger partial charge in [-0.1, -0.05) is 11.3 Å². The molecule has 37 heavy (non-hydrogen) atoms. The topological polar surface area (TPSA) is 88.4 Å². The number of thiazole rings is 1. The molecule has 0 fully saturated rings. The fourth-order valence-corrected chi connectivity index (χ4v) is 6.74. The van der Waals surface area contributed by atoms with Gasteiger partial charge in [-0.05, 0) is 87.7 Å². The number of ether oxygens (including phenoxy) is 4. The van der Waals surface area contributed by atoms with Crippen LogP contribution in [-0.2, 0) is 9.53 Å². The summed E-state index contributed by atoms with van der Waals surface area (Å²) in [5.41, 5.74) is 1.80. The number of benzene rings is 2. The van der Waals surface area contributed by atoms with Crippen LogP contribution in [0.5, 0.6) is 17.2 Å².